The summed E-state index contributed by atoms with van der Waals surface area (Å²) in [6.45, 7) is 8.71. The van der Waals surface area contributed by atoms with Crippen molar-refractivity contribution in [2.75, 3.05) is 39.3 Å². The van der Waals surface area contributed by atoms with Gasteiger partial charge < -0.3 is 19.7 Å². The molecule has 3 aliphatic heterocycles. The van der Waals surface area contributed by atoms with E-state index in [1.165, 1.54) is 51.6 Å². The van der Waals surface area contributed by atoms with E-state index < -0.39 is 0 Å². The van der Waals surface area contributed by atoms with Crippen LogP contribution in [0, 0.1) is 23.2 Å². The zero-order valence-electron chi connectivity index (χ0n) is 16.9. The molecular formula is C22H36N2O3. The van der Waals surface area contributed by atoms with Crippen LogP contribution in [0.3, 0.4) is 0 Å². The highest BCUT2D eigenvalue weighted by molar-refractivity contribution is 5.75. The van der Waals surface area contributed by atoms with Gasteiger partial charge in [-0.05, 0) is 69.4 Å². The number of esters is 1. The van der Waals surface area contributed by atoms with E-state index in [-0.39, 0.29) is 23.6 Å². The Hall–Kier alpha value is -0.650. The summed E-state index contributed by atoms with van der Waals surface area (Å²) >= 11 is 0. The topological polar surface area (TPSA) is 54.1 Å². The van der Waals surface area contributed by atoms with E-state index in [4.69, 9.17) is 9.47 Å². The van der Waals surface area contributed by atoms with Gasteiger partial charge in [-0.25, -0.2) is 0 Å². The molecule has 1 N–H and O–H groups in total. The second-order valence-corrected chi connectivity index (χ2v) is 10.2. The maximum atomic E-state index is 12.6. The number of rotatable bonds is 5. The molecule has 0 radical (unpaired) electrons. The quantitative estimate of drug-likeness (QED) is 0.454. The molecule has 0 aromatic rings. The first-order valence-electron chi connectivity index (χ1n) is 11.4. The number of carbonyl (C=O) groups is 1. The molecule has 5 nitrogen and oxygen atoms in total. The van der Waals surface area contributed by atoms with E-state index in [0.29, 0.717) is 17.3 Å². The van der Waals surface area contributed by atoms with E-state index >= 15 is 0 Å². The first-order valence-corrected chi connectivity index (χ1v) is 11.4. The van der Waals surface area contributed by atoms with Crippen LogP contribution < -0.4 is 5.32 Å². The number of likely N-dealkylation sites (tertiary alicyclic amines) is 1. The van der Waals surface area contributed by atoms with Gasteiger partial charge in [0.1, 0.15) is 6.10 Å². The van der Waals surface area contributed by atoms with Crippen LogP contribution in [-0.2, 0) is 14.3 Å². The van der Waals surface area contributed by atoms with E-state index in [2.05, 4.69) is 17.1 Å². The molecule has 5 fully saturated rings. The number of epoxide rings is 1. The Labute approximate surface area is 163 Å². The molecule has 5 heteroatoms. The van der Waals surface area contributed by atoms with Gasteiger partial charge in [-0.3, -0.25) is 4.79 Å². The third-order valence-electron chi connectivity index (χ3n) is 8.50. The predicted octanol–water partition coefficient (Wildman–Crippen LogP) is 2.59. The molecule has 0 aromatic carbocycles. The lowest BCUT2D eigenvalue weighted by Crippen LogP contribution is -2.51. The molecule has 2 saturated carbocycles. The lowest BCUT2D eigenvalue weighted by Gasteiger charge is -2.51. The summed E-state index contributed by atoms with van der Waals surface area (Å²) < 4.78 is 11.9. The van der Waals surface area contributed by atoms with E-state index in [9.17, 15) is 4.79 Å². The van der Waals surface area contributed by atoms with Crippen molar-refractivity contribution in [1.29, 1.82) is 0 Å². The number of carbonyl (C=O) groups excluding carboxylic acids is 1. The summed E-state index contributed by atoms with van der Waals surface area (Å²) in [5.41, 5.74) is 0.447. The second kappa shape index (κ2) is 7.00. The number of hydrogen-bond acceptors (Lipinski definition) is 5. The van der Waals surface area contributed by atoms with Gasteiger partial charge in [0, 0.05) is 25.6 Å². The summed E-state index contributed by atoms with van der Waals surface area (Å²) in [6, 6.07) is 0. The average molecular weight is 377 g/mol. The van der Waals surface area contributed by atoms with E-state index in [1.54, 1.807) is 0 Å². The normalized spacial score (nSPS) is 46.8. The van der Waals surface area contributed by atoms with Crippen molar-refractivity contribution in [1.82, 2.24) is 10.2 Å². The fraction of sp³-hybridized carbons (Fsp3) is 0.955. The first kappa shape index (κ1) is 18.4. The van der Waals surface area contributed by atoms with Gasteiger partial charge >= 0.3 is 5.97 Å². The molecule has 5 aliphatic rings. The Kier molecular flexibility index (Phi) is 4.76. The van der Waals surface area contributed by atoms with Crippen molar-refractivity contribution < 1.29 is 14.3 Å². The Morgan fingerprint density at radius 1 is 1.19 bits per heavy atom. The van der Waals surface area contributed by atoms with Gasteiger partial charge in [-0.15, -0.1) is 0 Å². The summed E-state index contributed by atoms with van der Waals surface area (Å²) in [7, 11) is 0. The molecule has 0 unspecified atom stereocenters. The minimum atomic E-state index is 0.0404. The van der Waals surface area contributed by atoms with Crippen LogP contribution in [0.2, 0.25) is 0 Å². The minimum Gasteiger partial charge on any atom is -0.462 e. The van der Waals surface area contributed by atoms with Crippen LogP contribution in [0.5, 0.6) is 0 Å². The van der Waals surface area contributed by atoms with Gasteiger partial charge in [-0.1, -0.05) is 13.3 Å². The second-order valence-electron chi connectivity index (χ2n) is 10.2. The molecule has 27 heavy (non-hydrogen) atoms. The molecule has 0 aromatic heterocycles. The van der Waals surface area contributed by atoms with Crippen LogP contribution in [0.15, 0.2) is 0 Å². The summed E-state index contributed by atoms with van der Waals surface area (Å²) in [4.78, 5) is 15.2. The molecule has 1 spiro atoms. The van der Waals surface area contributed by atoms with Crippen LogP contribution in [0.25, 0.3) is 0 Å². The number of fused-ring (bicyclic) bond motifs is 3. The Balaban J connectivity index is 1.18. The van der Waals surface area contributed by atoms with Crippen LogP contribution in [-0.4, -0.2) is 61.9 Å². The Morgan fingerprint density at radius 2 is 2.00 bits per heavy atom. The highest BCUT2D eigenvalue weighted by Gasteiger charge is 2.64. The lowest BCUT2D eigenvalue weighted by molar-refractivity contribution is -0.147. The van der Waals surface area contributed by atoms with Crippen LogP contribution in [0.4, 0.5) is 0 Å². The standard InChI is InChI=1S/C22H36N2O3/c1-21-6-5-7-22(15-26-22)19(21)12-16-17(20(25)27-18(16)13-21)14-23-8-11-24-9-3-2-4-10-24/h16-19,23H,2-15H2,1H3/t16-,17-,18-,19-,21-,22+/m1/s1. The first-order chi connectivity index (χ1) is 13.1. The number of hydrogen-bond donors (Lipinski definition) is 1. The number of nitrogens with zero attached hydrogens (tertiary/aromatic N) is 1. The highest BCUT2D eigenvalue weighted by atomic mass is 16.6. The maximum absolute atomic E-state index is 12.6. The molecule has 152 valence electrons. The van der Waals surface area contributed by atoms with Gasteiger partial charge in [0.25, 0.3) is 0 Å². The Morgan fingerprint density at radius 3 is 2.78 bits per heavy atom. The third-order valence-corrected chi connectivity index (χ3v) is 8.50. The number of ether oxygens (including phenoxy) is 2. The van der Waals surface area contributed by atoms with Gasteiger partial charge in [0.05, 0.1) is 18.1 Å². The Bertz CT molecular complexity index is 572. The molecule has 2 aliphatic carbocycles. The van der Waals surface area contributed by atoms with Crippen molar-refractivity contribution in [2.45, 2.75) is 70.0 Å². The summed E-state index contributed by atoms with van der Waals surface area (Å²) in [6.07, 6.45) is 10.1. The van der Waals surface area contributed by atoms with E-state index in [1.807, 2.05) is 0 Å². The van der Waals surface area contributed by atoms with Gasteiger partial charge in [0.2, 0.25) is 0 Å². The zero-order valence-corrected chi connectivity index (χ0v) is 16.9. The van der Waals surface area contributed by atoms with Gasteiger partial charge in [0.15, 0.2) is 0 Å². The lowest BCUT2D eigenvalue weighted by atomic mass is 9.53. The van der Waals surface area contributed by atoms with Crippen molar-refractivity contribution >= 4 is 5.97 Å². The SMILES string of the molecule is C[C@]12CCC[C@]3(CO3)[C@@H]1C[C@H]1[C@@H](C2)OC(=O)[C@@H]1CNCCN1CCCCC1. The molecular weight excluding hydrogens is 340 g/mol. The average Bonchev–Trinajstić information content (AvgIpc) is 3.36. The van der Waals surface area contributed by atoms with Crippen molar-refractivity contribution in [3.8, 4) is 0 Å². The van der Waals surface area contributed by atoms with Crippen molar-refractivity contribution in [3.05, 3.63) is 0 Å². The summed E-state index contributed by atoms with van der Waals surface area (Å²) in [5.74, 6) is 1.09. The molecule has 5 rings (SSSR count). The molecule has 6 atom stereocenters. The molecule has 0 bridgehead atoms. The zero-order chi connectivity index (χ0) is 18.5. The van der Waals surface area contributed by atoms with Crippen molar-refractivity contribution in [2.24, 2.45) is 23.2 Å². The molecule has 0 amide bonds. The molecule has 3 saturated heterocycles. The van der Waals surface area contributed by atoms with Gasteiger partial charge in [-0.2, -0.15) is 0 Å². The largest absolute Gasteiger partial charge is 0.462 e. The fourth-order valence-corrected chi connectivity index (χ4v) is 6.87. The smallest absolute Gasteiger partial charge is 0.310 e. The number of piperidine rings is 1. The van der Waals surface area contributed by atoms with Crippen molar-refractivity contribution in [3.63, 3.8) is 0 Å². The number of nitrogens with one attached hydrogen (secondary N) is 1. The van der Waals surface area contributed by atoms with E-state index in [0.717, 1.165) is 39.1 Å². The maximum Gasteiger partial charge on any atom is 0.310 e. The minimum absolute atomic E-state index is 0.0404. The highest BCUT2D eigenvalue weighted by Crippen LogP contribution is 2.62. The predicted molar refractivity (Wildman–Crippen MR) is 103 cm³/mol. The fourth-order valence-electron chi connectivity index (χ4n) is 6.87. The molecule has 3 heterocycles. The van der Waals surface area contributed by atoms with Crippen LogP contribution in [0.1, 0.15) is 58.3 Å². The third kappa shape index (κ3) is 3.34. The van der Waals surface area contributed by atoms with Crippen LogP contribution >= 0.6 is 0 Å². The monoisotopic (exact) mass is 376 g/mol. The summed E-state index contributed by atoms with van der Waals surface area (Å²) in [5, 5.41) is 3.58.